The highest BCUT2D eigenvalue weighted by atomic mass is 16.2. The fourth-order valence-corrected chi connectivity index (χ4v) is 2.26. The predicted molar refractivity (Wildman–Crippen MR) is 68.1 cm³/mol. The monoisotopic (exact) mass is 249 g/mol. The van der Waals surface area contributed by atoms with Crippen molar-refractivity contribution in [3.05, 3.63) is 24.0 Å². The zero-order chi connectivity index (χ0) is 13.0. The first-order valence-electron chi connectivity index (χ1n) is 6.33. The van der Waals surface area contributed by atoms with Gasteiger partial charge in [-0.3, -0.25) is 9.59 Å². The van der Waals surface area contributed by atoms with E-state index in [0.717, 1.165) is 25.9 Å². The Bertz CT molecular complexity index is 406. The van der Waals surface area contributed by atoms with Crippen LogP contribution in [0.4, 0.5) is 0 Å². The van der Waals surface area contributed by atoms with Gasteiger partial charge in [-0.1, -0.05) is 0 Å². The molecule has 0 spiro atoms. The van der Waals surface area contributed by atoms with Crippen LogP contribution in [0.1, 0.15) is 30.1 Å². The minimum absolute atomic E-state index is 0.0368. The number of rotatable bonds is 3. The van der Waals surface area contributed by atoms with Gasteiger partial charge in [0.2, 0.25) is 5.91 Å². The Balaban J connectivity index is 1.72. The molecule has 0 aromatic carbocycles. The lowest BCUT2D eigenvalue weighted by molar-refractivity contribution is -0.130. The Kier molecular flexibility index (Phi) is 4.02. The molecule has 0 atom stereocenters. The van der Waals surface area contributed by atoms with Crippen molar-refractivity contribution in [2.24, 2.45) is 5.92 Å². The summed E-state index contributed by atoms with van der Waals surface area (Å²) in [6, 6.07) is 1.76. The van der Waals surface area contributed by atoms with Crippen molar-refractivity contribution >= 4 is 11.8 Å². The maximum Gasteiger partial charge on any atom is 0.252 e. The number of hydrogen-bond donors (Lipinski definition) is 2. The average Bonchev–Trinajstić information content (AvgIpc) is 2.90. The number of nitrogens with one attached hydrogen (secondary N) is 2. The van der Waals surface area contributed by atoms with Crippen LogP contribution in [0.15, 0.2) is 18.5 Å². The summed E-state index contributed by atoms with van der Waals surface area (Å²) in [6.45, 7) is 3.91. The number of carbonyl (C=O) groups is 2. The molecule has 0 aliphatic carbocycles. The molecule has 2 amide bonds. The summed E-state index contributed by atoms with van der Waals surface area (Å²) in [5, 5.41) is 2.94. The second-order valence-electron chi connectivity index (χ2n) is 4.76. The van der Waals surface area contributed by atoms with Crippen LogP contribution in [0.2, 0.25) is 0 Å². The van der Waals surface area contributed by atoms with Gasteiger partial charge in [0.05, 0.1) is 5.56 Å². The van der Waals surface area contributed by atoms with Gasteiger partial charge in [-0.05, 0) is 24.8 Å². The number of hydrogen-bond acceptors (Lipinski definition) is 2. The fourth-order valence-electron chi connectivity index (χ4n) is 2.26. The molecular weight excluding hydrogens is 230 g/mol. The van der Waals surface area contributed by atoms with Gasteiger partial charge in [-0.25, -0.2) is 0 Å². The van der Waals surface area contributed by atoms with Crippen LogP contribution in [0, 0.1) is 5.92 Å². The van der Waals surface area contributed by atoms with Crippen molar-refractivity contribution in [1.82, 2.24) is 15.2 Å². The number of piperidine rings is 1. The van der Waals surface area contributed by atoms with Crippen molar-refractivity contribution in [3.63, 3.8) is 0 Å². The Labute approximate surface area is 107 Å². The second kappa shape index (κ2) is 5.71. The largest absolute Gasteiger partial charge is 0.367 e. The number of amides is 2. The van der Waals surface area contributed by atoms with E-state index in [1.54, 1.807) is 25.4 Å². The van der Waals surface area contributed by atoms with E-state index < -0.39 is 0 Å². The molecule has 5 heteroatoms. The highest BCUT2D eigenvalue weighted by molar-refractivity contribution is 5.93. The summed E-state index contributed by atoms with van der Waals surface area (Å²) in [5.41, 5.74) is 0.663. The van der Waals surface area contributed by atoms with E-state index in [-0.39, 0.29) is 11.8 Å². The highest BCUT2D eigenvalue weighted by Crippen LogP contribution is 2.16. The molecule has 5 nitrogen and oxygen atoms in total. The first-order valence-corrected chi connectivity index (χ1v) is 6.33. The quantitative estimate of drug-likeness (QED) is 0.839. The normalized spacial score (nSPS) is 16.6. The molecule has 0 radical (unpaired) electrons. The molecule has 1 fully saturated rings. The zero-order valence-corrected chi connectivity index (χ0v) is 10.6. The van der Waals surface area contributed by atoms with E-state index in [1.165, 1.54) is 0 Å². The third-order valence-corrected chi connectivity index (χ3v) is 3.47. The maximum absolute atomic E-state index is 11.7. The lowest BCUT2D eigenvalue weighted by atomic mass is 9.96. The zero-order valence-electron chi connectivity index (χ0n) is 10.6. The van der Waals surface area contributed by atoms with E-state index in [2.05, 4.69) is 10.3 Å². The molecule has 1 aromatic heterocycles. The topological polar surface area (TPSA) is 65.2 Å². The fraction of sp³-hybridized carbons (Fsp3) is 0.538. The molecule has 98 valence electrons. The lowest BCUT2D eigenvalue weighted by Gasteiger charge is -2.31. The summed E-state index contributed by atoms with van der Waals surface area (Å²) in [7, 11) is 0. The first kappa shape index (κ1) is 12.7. The van der Waals surface area contributed by atoms with Gasteiger partial charge in [0.25, 0.3) is 5.91 Å². The average molecular weight is 249 g/mol. The van der Waals surface area contributed by atoms with Crippen molar-refractivity contribution in [2.45, 2.75) is 19.8 Å². The summed E-state index contributed by atoms with van der Waals surface area (Å²) < 4.78 is 0. The van der Waals surface area contributed by atoms with E-state index in [4.69, 9.17) is 0 Å². The molecule has 0 saturated carbocycles. The smallest absolute Gasteiger partial charge is 0.252 e. The molecule has 0 unspecified atom stereocenters. The number of H-pyrrole nitrogens is 1. The number of aromatic nitrogens is 1. The maximum atomic E-state index is 11.7. The number of likely N-dealkylation sites (tertiary alicyclic amines) is 1. The second-order valence-corrected chi connectivity index (χ2v) is 4.76. The Morgan fingerprint density at radius 3 is 2.72 bits per heavy atom. The van der Waals surface area contributed by atoms with Gasteiger partial charge in [0.15, 0.2) is 0 Å². The van der Waals surface area contributed by atoms with E-state index in [9.17, 15) is 9.59 Å². The van der Waals surface area contributed by atoms with Gasteiger partial charge in [0, 0.05) is 39.0 Å². The van der Waals surface area contributed by atoms with Gasteiger partial charge >= 0.3 is 0 Å². The molecular formula is C13H19N3O2. The molecule has 0 bridgehead atoms. The summed E-state index contributed by atoms with van der Waals surface area (Å²) in [4.78, 5) is 27.6. The van der Waals surface area contributed by atoms with Crippen molar-refractivity contribution in [2.75, 3.05) is 19.6 Å². The third-order valence-electron chi connectivity index (χ3n) is 3.47. The van der Waals surface area contributed by atoms with Gasteiger partial charge in [0.1, 0.15) is 0 Å². The number of aromatic amines is 1. The summed E-state index contributed by atoms with van der Waals surface area (Å²) in [5.74, 6) is 0.582. The first-order chi connectivity index (χ1) is 8.66. The van der Waals surface area contributed by atoms with Crippen LogP contribution in [0.25, 0.3) is 0 Å². The Morgan fingerprint density at radius 2 is 2.17 bits per heavy atom. The van der Waals surface area contributed by atoms with Crippen LogP contribution in [-0.4, -0.2) is 41.3 Å². The summed E-state index contributed by atoms with van der Waals surface area (Å²) >= 11 is 0. The molecule has 2 N–H and O–H groups in total. The van der Waals surface area contributed by atoms with Crippen molar-refractivity contribution < 1.29 is 9.59 Å². The van der Waals surface area contributed by atoms with Crippen LogP contribution >= 0.6 is 0 Å². The van der Waals surface area contributed by atoms with Gasteiger partial charge in [-0.15, -0.1) is 0 Å². The Hall–Kier alpha value is -1.78. The standard InChI is InChI=1S/C13H19N3O2/c1-10(17)16-6-3-11(4-7-16)8-15-13(18)12-2-5-14-9-12/h2,5,9,11,14H,3-4,6-8H2,1H3,(H,15,18). The SMILES string of the molecule is CC(=O)N1CCC(CNC(=O)c2cc[nH]c2)CC1. The minimum Gasteiger partial charge on any atom is -0.367 e. The Morgan fingerprint density at radius 1 is 1.44 bits per heavy atom. The molecule has 1 aliphatic heterocycles. The van der Waals surface area contributed by atoms with Crippen LogP contribution in [-0.2, 0) is 4.79 Å². The van der Waals surface area contributed by atoms with Crippen LogP contribution in [0.5, 0.6) is 0 Å². The molecule has 1 aliphatic rings. The molecule has 2 heterocycles. The molecule has 2 rings (SSSR count). The lowest BCUT2D eigenvalue weighted by Crippen LogP contribution is -2.40. The van der Waals surface area contributed by atoms with Crippen molar-refractivity contribution in [3.8, 4) is 0 Å². The molecule has 1 saturated heterocycles. The van der Waals surface area contributed by atoms with Gasteiger partial charge < -0.3 is 15.2 Å². The summed E-state index contributed by atoms with van der Waals surface area (Å²) in [6.07, 6.45) is 5.36. The van der Waals surface area contributed by atoms with E-state index >= 15 is 0 Å². The van der Waals surface area contributed by atoms with Crippen LogP contribution in [0.3, 0.4) is 0 Å². The molecule has 1 aromatic rings. The predicted octanol–water partition coefficient (Wildman–Crippen LogP) is 1.00. The number of carbonyl (C=O) groups excluding carboxylic acids is 2. The van der Waals surface area contributed by atoms with Crippen molar-refractivity contribution in [1.29, 1.82) is 0 Å². The van der Waals surface area contributed by atoms with E-state index in [1.807, 2.05) is 4.90 Å². The van der Waals surface area contributed by atoms with Crippen LogP contribution < -0.4 is 5.32 Å². The minimum atomic E-state index is -0.0368. The van der Waals surface area contributed by atoms with E-state index in [0.29, 0.717) is 18.0 Å². The third kappa shape index (κ3) is 3.12. The number of nitrogens with zero attached hydrogens (tertiary/aromatic N) is 1. The van der Waals surface area contributed by atoms with Gasteiger partial charge in [-0.2, -0.15) is 0 Å². The highest BCUT2D eigenvalue weighted by Gasteiger charge is 2.21. The molecule has 18 heavy (non-hydrogen) atoms.